The molecule has 0 saturated heterocycles. The Morgan fingerprint density at radius 1 is 1.53 bits per heavy atom. The molecule has 0 aliphatic rings. The maximum absolute atomic E-state index is 11.4. The van der Waals surface area contributed by atoms with E-state index in [0.717, 1.165) is 0 Å². The molecule has 0 bridgehead atoms. The van der Waals surface area contributed by atoms with Crippen LogP contribution in [0.3, 0.4) is 0 Å². The zero-order valence-corrected chi connectivity index (χ0v) is 10.4. The summed E-state index contributed by atoms with van der Waals surface area (Å²) in [7, 11) is 0. The van der Waals surface area contributed by atoms with Gasteiger partial charge in [0.1, 0.15) is 5.82 Å². The topological polar surface area (TPSA) is 80.0 Å². The molecule has 1 aromatic rings. The SMILES string of the molecule is CC(C)CNC(=O)CCNc1ncccc1N. The third-order valence-electron chi connectivity index (χ3n) is 2.19. The number of nitrogen functional groups attached to an aromatic ring is 1. The summed E-state index contributed by atoms with van der Waals surface area (Å²) in [5.74, 6) is 1.14. The number of pyridine rings is 1. The van der Waals surface area contributed by atoms with Gasteiger partial charge in [0.15, 0.2) is 0 Å². The van der Waals surface area contributed by atoms with Gasteiger partial charge in [-0.25, -0.2) is 4.98 Å². The number of nitrogens with one attached hydrogen (secondary N) is 2. The van der Waals surface area contributed by atoms with Crippen molar-refractivity contribution in [2.45, 2.75) is 20.3 Å². The molecule has 5 heteroatoms. The first-order valence-corrected chi connectivity index (χ1v) is 5.80. The Kier molecular flexibility index (Phi) is 5.26. The zero-order chi connectivity index (χ0) is 12.7. The third-order valence-corrected chi connectivity index (χ3v) is 2.19. The monoisotopic (exact) mass is 236 g/mol. The molecular weight excluding hydrogens is 216 g/mol. The van der Waals surface area contributed by atoms with E-state index in [9.17, 15) is 4.79 Å². The van der Waals surface area contributed by atoms with Gasteiger partial charge in [-0.3, -0.25) is 4.79 Å². The minimum Gasteiger partial charge on any atom is -0.396 e. The van der Waals surface area contributed by atoms with Gasteiger partial charge in [-0.05, 0) is 18.1 Å². The van der Waals surface area contributed by atoms with E-state index in [1.807, 2.05) is 0 Å². The average Bonchev–Trinajstić information content (AvgIpc) is 2.29. The van der Waals surface area contributed by atoms with Crippen molar-refractivity contribution in [3.63, 3.8) is 0 Å². The molecule has 0 saturated carbocycles. The van der Waals surface area contributed by atoms with E-state index in [0.29, 0.717) is 36.9 Å². The minimum absolute atomic E-state index is 0.0423. The number of aromatic nitrogens is 1. The van der Waals surface area contributed by atoms with Crippen molar-refractivity contribution in [3.05, 3.63) is 18.3 Å². The van der Waals surface area contributed by atoms with Crippen molar-refractivity contribution in [2.75, 3.05) is 24.1 Å². The third kappa shape index (κ3) is 5.19. The predicted molar refractivity (Wildman–Crippen MR) is 69.6 cm³/mol. The van der Waals surface area contributed by atoms with E-state index in [-0.39, 0.29) is 5.91 Å². The highest BCUT2D eigenvalue weighted by atomic mass is 16.1. The molecule has 0 spiro atoms. The Balaban J connectivity index is 2.24. The molecule has 0 radical (unpaired) electrons. The highest BCUT2D eigenvalue weighted by molar-refractivity contribution is 5.76. The Morgan fingerprint density at radius 3 is 2.94 bits per heavy atom. The maximum atomic E-state index is 11.4. The van der Waals surface area contributed by atoms with Crippen molar-refractivity contribution in [3.8, 4) is 0 Å². The van der Waals surface area contributed by atoms with Crippen LogP contribution >= 0.6 is 0 Å². The van der Waals surface area contributed by atoms with Crippen LogP contribution in [0.2, 0.25) is 0 Å². The lowest BCUT2D eigenvalue weighted by Gasteiger charge is -2.09. The fourth-order valence-corrected chi connectivity index (χ4v) is 1.27. The largest absolute Gasteiger partial charge is 0.396 e. The number of carbonyl (C=O) groups excluding carboxylic acids is 1. The van der Waals surface area contributed by atoms with Crippen LogP contribution < -0.4 is 16.4 Å². The second-order valence-corrected chi connectivity index (χ2v) is 4.32. The number of nitrogens with zero attached hydrogens (tertiary/aromatic N) is 1. The minimum atomic E-state index is 0.0423. The van der Waals surface area contributed by atoms with Gasteiger partial charge in [0.25, 0.3) is 0 Å². The summed E-state index contributed by atoms with van der Waals surface area (Å²) in [5, 5.41) is 5.89. The lowest BCUT2D eigenvalue weighted by atomic mass is 10.2. The zero-order valence-electron chi connectivity index (χ0n) is 10.4. The molecule has 17 heavy (non-hydrogen) atoms. The number of hydrogen-bond donors (Lipinski definition) is 3. The molecule has 5 nitrogen and oxygen atoms in total. The van der Waals surface area contributed by atoms with Gasteiger partial charge in [-0.15, -0.1) is 0 Å². The van der Waals surface area contributed by atoms with Gasteiger partial charge in [0.2, 0.25) is 5.91 Å². The molecule has 94 valence electrons. The normalized spacial score (nSPS) is 10.3. The number of carbonyl (C=O) groups is 1. The average molecular weight is 236 g/mol. The van der Waals surface area contributed by atoms with Crippen LogP contribution in [0.25, 0.3) is 0 Å². The molecular formula is C12H20N4O. The van der Waals surface area contributed by atoms with E-state index in [1.54, 1.807) is 18.3 Å². The summed E-state index contributed by atoms with van der Waals surface area (Å²) in [6, 6.07) is 3.55. The summed E-state index contributed by atoms with van der Waals surface area (Å²) >= 11 is 0. The summed E-state index contributed by atoms with van der Waals surface area (Å²) in [6.45, 7) is 5.37. The second kappa shape index (κ2) is 6.73. The first-order chi connectivity index (χ1) is 8.09. The summed E-state index contributed by atoms with van der Waals surface area (Å²) in [5.41, 5.74) is 6.30. The van der Waals surface area contributed by atoms with Gasteiger partial charge >= 0.3 is 0 Å². The highest BCUT2D eigenvalue weighted by Crippen LogP contribution is 2.12. The molecule has 0 aliphatic carbocycles. The summed E-state index contributed by atoms with van der Waals surface area (Å²) in [4.78, 5) is 15.5. The highest BCUT2D eigenvalue weighted by Gasteiger charge is 2.03. The fourth-order valence-electron chi connectivity index (χ4n) is 1.27. The molecule has 1 heterocycles. The molecule has 0 aliphatic heterocycles. The quantitative estimate of drug-likeness (QED) is 0.694. The smallest absolute Gasteiger partial charge is 0.221 e. The first kappa shape index (κ1) is 13.3. The van der Waals surface area contributed by atoms with E-state index in [4.69, 9.17) is 5.73 Å². The molecule has 4 N–H and O–H groups in total. The lowest BCUT2D eigenvalue weighted by Crippen LogP contribution is -2.28. The Bertz CT molecular complexity index is 365. The molecule has 1 rings (SSSR count). The Hall–Kier alpha value is -1.78. The number of rotatable bonds is 6. The van der Waals surface area contributed by atoms with Gasteiger partial charge in [-0.1, -0.05) is 13.8 Å². The standard InChI is InChI=1S/C12H20N4O/c1-9(2)8-16-11(17)5-7-15-12-10(13)4-3-6-14-12/h3-4,6,9H,5,7-8,13H2,1-2H3,(H,14,15)(H,16,17). The number of amides is 1. The van der Waals surface area contributed by atoms with E-state index < -0.39 is 0 Å². The van der Waals surface area contributed by atoms with Gasteiger partial charge in [-0.2, -0.15) is 0 Å². The maximum Gasteiger partial charge on any atom is 0.221 e. The van der Waals surface area contributed by atoms with Crippen LogP contribution in [0.1, 0.15) is 20.3 Å². The second-order valence-electron chi connectivity index (χ2n) is 4.32. The van der Waals surface area contributed by atoms with E-state index in [1.165, 1.54) is 0 Å². The van der Waals surface area contributed by atoms with Crippen molar-refractivity contribution in [1.82, 2.24) is 10.3 Å². The fraction of sp³-hybridized carbons (Fsp3) is 0.500. The number of anilines is 2. The van der Waals surface area contributed by atoms with Crippen LogP contribution in [0.5, 0.6) is 0 Å². The van der Waals surface area contributed by atoms with E-state index >= 15 is 0 Å². The van der Waals surface area contributed by atoms with Crippen LogP contribution in [0.15, 0.2) is 18.3 Å². The Labute approximate surface area is 102 Å². The van der Waals surface area contributed by atoms with Gasteiger partial charge in [0, 0.05) is 25.7 Å². The van der Waals surface area contributed by atoms with Gasteiger partial charge in [0.05, 0.1) is 5.69 Å². The lowest BCUT2D eigenvalue weighted by molar-refractivity contribution is -0.120. The molecule has 0 unspecified atom stereocenters. The van der Waals surface area contributed by atoms with E-state index in [2.05, 4.69) is 29.5 Å². The van der Waals surface area contributed by atoms with Crippen LogP contribution in [0.4, 0.5) is 11.5 Å². The van der Waals surface area contributed by atoms with Crippen LogP contribution in [0, 0.1) is 5.92 Å². The summed E-state index contributed by atoms with van der Waals surface area (Å²) in [6.07, 6.45) is 2.08. The summed E-state index contributed by atoms with van der Waals surface area (Å²) < 4.78 is 0. The number of nitrogens with two attached hydrogens (primary N) is 1. The number of hydrogen-bond acceptors (Lipinski definition) is 4. The predicted octanol–water partition coefficient (Wildman–Crippen LogP) is 1.24. The van der Waals surface area contributed by atoms with Crippen molar-refractivity contribution in [1.29, 1.82) is 0 Å². The van der Waals surface area contributed by atoms with Crippen molar-refractivity contribution >= 4 is 17.4 Å². The van der Waals surface area contributed by atoms with Crippen molar-refractivity contribution in [2.24, 2.45) is 5.92 Å². The Morgan fingerprint density at radius 2 is 2.29 bits per heavy atom. The molecule has 1 aromatic heterocycles. The molecule has 1 amide bonds. The molecule has 0 aromatic carbocycles. The first-order valence-electron chi connectivity index (χ1n) is 5.80. The van der Waals surface area contributed by atoms with Gasteiger partial charge < -0.3 is 16.4 Å². The van der Waals surface area contributed by atoms with Crippen LogP contribution in [-0.4, -0.2) is 24.0 Å². The van der Waals surface area contributed by atoms with Crippen molar-refractivity contribution < 1.29 is 4.79 Å². The molecule has 0 fully saturated rings. The van der Waals surface area contributed by atoms with Crippen LogP contribution in [-0.2, 0) is 4.79 Å². The molecule has 0 atom stereocenters.